The van der Waals surface area contributed by atoms with Crippen LogP contribution in [0.25, 0.3) is 10.4 Å². The first-order valence-electron chi connectivity index (χ1n) is 9.49. The Bertz CT molecular complexity index is 1060. The van der Waals surface area contributed by atoms with Crippen molar-refractivity contribution in [3.63, 3.8) is 0 Å². The molecule has 3 rings (SSSR count). The topological polar surface area (TPSA) is 172 Å². The summed E-state index contributed by atoms with van der Waals surface area (Å²) in [5, 5.41) is 25.4. The van der Waals surface area contributed by atoms with E-state index in [1.165, 1.54) is 13.2 Å². The van der Waals surface area contributed by atoms with Crippen LogP contribution in [0.5, 0.6) is 0 Å². The monoisotopic (exact) mass is 448 g/mol. The van der Waals surface area contributed by atoms with Crippen LogP contribution in [0.4, 0.5) is 10.2 Å². The number of ether oxygens (including phenoxy) is 2. The Hall–Kier alpha value is -3.51. The maximum Gasteiger partial charge on any atom is 0.351 e. The number of nitrogens with zero attached hydrogens (tertiary/aromatic N) is 5. The van der Waals surface area contributed by atoms with Crippen molar-refractivity contribution in [1.82, 2.24) is 9.55 Å². The molecule has 2 heterocycles. The number of nitrogens with one attached hydrogen (secondary N) is 1. The fourth-order valence-electron chi connectivity index (χ4n) is 3.33. The molecule has 12 nitrogen and oxygen atoms in total. The van der Waals surface area contributed by atoms with E-state index in [2.05, 4.69) is 20.3 Å². The number of methoxy groups -OCH3 is 1. The largest absolute Gasteiger partial charge is 0.467 e. The normalized spacial score (nSPS) is 25.6. The van der Waals surface area contributed by atoms with E-state index in [1.54, 1.807) is 0 Å². The van der Waals surface area contributed by atoms with E-state index in [0.29, 0.717) is 0 Å². The molecule has 1 saturated heterocycles. The number of azide groups is 1. The quantitative estimate of drug-likeness (QED) is 0.229. The molecule has 1 aromatic carbocycles. The van der Waals surface area contributed by atoms with Gasteiger partial charge in [0, 0.05) is 17.5 Å². The summed E-state index contributed by atoms with van der Waals surface area (Å²) in [5.41, 5.74) is 6.24. The van der Waals surface area contributed by atoms with Gasteiger partial charge in [-0.15, -0.1) is 0 Å². The van der Waals surface area contributed by atoms with Gasteiger partial charge in [0.05, 0.1) is 13.7 Å². The lowest BCUT2D eigenvalue weighted by atomic mass is 10.1. The predicted molar refractivity (Wildman–Crippen MR) is 108 cm³/mol. The molecule has 0 aliphatic carbocycles. The van der Waals surface area contributed by atoms with Crippen molar-refractivity contribution in [3.05, 3.63) is 69.1 Å². The van der Waals surface area contributed by atoms with Crippen molar-refractivity contribution >= 4 is 11.8 Å². The highest BCUT2D eigenvalue weighted by atomic mass is 19.1. The van der Waals surface area contributed by atoms with Gasteiger partial charge in [0.25, 0.3) is 0 Å². The molecule has 2 unspecified atom stereocenters. The van der Waals surface area contributed by atoms with Crippen LogP contribution in [0, 0.1) is 0 Å². The van der Waals surface area contributed by atoms with Crippen LogP contribution in [-0.2, 0) is 20.7 Å². The first kappa shape index (κ1) is 23.2. The molecule has 3 N–H and O–H groups in total. The van der Waals surface area contributed by atoms with Gasteiger partial charge in [-0.2, -0.15) is 4.98 Å². The molecule has 0 radical (unpaired) electrons. The van der Waals surface area contributed by atoms with Gasteiger partial charge in [-0.05, 0) is 17.2 Å². The number of alkyl halides is 1. The molecule has 1 aromatic heterocycles. The van der Waals surface area contributed by atoms with E-state index >= 15 is 0 Å². The highest BCUT2D eigenvalue weighted by Crippen LogP contribution is 2.39. The minimum Gasteiger partial charge on any atom is -0.467 e. The molecule has 1 aliphatic heterocycles. The number of carbonyl (C=O) groups excluding carboxylic acids is 1. The Kier molecular flexibility index (Phi) is 7.05. The van der Waals surface area contributed by atoms with E-state index < -0.39 is 48.5 Å². The lowest BCUT2D eigenvalue weighted by Gasteiger charge is -2.23. The summed E-state index contributed by atoms with van der Waals surface area (Å²) >= 11 is 0. The van der Waals surface area contributed by atoms with Gasteiger partial charge in [-0.3, -0.25) is 4.57 Å². The Balaban J connectivity index is 1.83. The summed E-state index contributed by atoms with van der Waals surface area (Å²) in [6, 6.07) is 9.56. The molecular weight excluding hydrogens is 427 g/mol. The van der Waals surface area contributed by atoms with Crippen molar-refractivity contribution in [2.45, 2.75) is 36.7 Å². The molecule has 0 saturated carbocycles. The van der Waals surface area contributed by atoms with Gasteiger partial charge in [0.2, 0.25) is 5.72 Å². The highest BCUT2D eigenvalue weighted by Gasteiger charge is 2.56. The Morgan fingerprint density at radius 1 is 1.47 bits per heavy atom. The summed E-state index contributed by atoms with van der Waals surface area (Å²) in [5.74, 6) is -0.553. The first-order chi connectivity index (χ1) is 15.3. The van der Waals surface area contributed by atoms with Crippen LogP contribution in [0.3, 0.4) is 0 Å². The van der Waals surface area contributed by atoms with E-state index in [9.17, 15) is 24.2 Å². The number of hydrogen-bond donors (Lipinski definition) is 3. The van der Waals surface area contributed by atoms with Crippen molar-refractivity contribution in [1.29, 1.82) is 0 Å². The second kappa shape index (κ2) is 9.75. The summed E-state index contributed by atoms with van der Waals surface area (Å²) in [6.45, 7) is -1.00. The second-order valence-electron chi connectivity index (χ2n) is 7.00. The lowest BCUT2D eigenvalue weighted by molar-refractivity contribution is -0.141. The molecule has 0 spiro atoms. The van der Waals surface area contributed by atoms with Crippen molar-refractivity contribution in [3.8, 4) is 0 Å². The van der Waals surface area contributed by atoms with Crippen LogP contribution in [0.1, 0.15) is 11.8 Å². The van der Waals surface area contributed by atoms with Crippen LogP contribution in [-0.4, -0.2) is 63.5 Å². The number of rotatable bonds is 8. The summed E-state index contributed by atoms with van der Waals surface area (Å²) in [4.78, 5) is 30.9. The van der Waals surface area contributed by atoms with E-state index in [1.807, 2.05) is 30.3 Å². The standard InChI is InChI=1S/C19H21FN6O6/c1-31-17(29)12(9-11-5-3-2-4-6-11)22-13-7-8-26(18(30)23-13)16-14(20)15(28)19(10-27,32-16)24-25-21/h2-8,12,14-16,27-28H,9-10H2,1H3,(H,22,23,30)/t12-,14-,15?,16?,19+/m0/s1. The smallest absolute Gasteiger partial charge is 0.351 e. The summed E-state index contributed by atoms with van der Waals surface area (Å²) in [7, 11) is 1.23. The third-order valence-corrected chi connectivity index (χ3v) is 5.00. The molecule has 2 aromatic rings. The fraction of sp³-hybridized carbons (Fsp3) is 0.421. The van der Waals surface area contributed by atoms with Gasteiger partial charge < -0.3 is 25.0 Å². The Morgan fingerprint density at radius 2 is 2.19 bits per heavy atom. The number of aliphatic hydroxyl groups excluding tert-OH is 2. The van der Waals surface area contributed by atoms with Gasteiger partial charge in [-0.1, -0.05) is 35.4 Å². The zero-order valence-corrected chi connectivity index (χ0v) is 16.9. The molecule has 0 bridgehead atoms. The molecule has 32 heavy (non-hydrogen) atoms. The maximum absolute atomic E-state index is 14.6. The Labute approximate surface area is 180 Å². The molecule has 1 fully saturated rings. The number of benzene rings is 1. The van der Waals surface area contributed by atoms with Crippen molar-refractivity contribution < 1.29 is 28.9 Å². The van der Waals surface area contributed by atoms with Crippen LogP contribution >= 0.6 is 0 Å². The van der Waals surface area contributed by atoms with Crippen molar-refractivity contribution in [2.75, 3.05) is 19.0 Å². The van der Waals surface area contributed by atoms with Crippen LogP contribution in [0.15, 0.2) is 52.5 Å². The summed E-state index contributed by atoms with van der Waals surface area (Å²) < 4.78 is 25.4. The number of esters is 1. The number of anilines is 1. The SMILES string of the molecule is COC(=O)[C@H](Cc1ccccc1)Nc1ccn(C2O[C@@](CO)(N=[N+]=[N-])C(O)[C@@H]2F)c(=O)n1. The molecule has 0 amide bonds. The number of aromatic nitrogens is 2. The minimum atomic E-state index is -2.28. The average molecular weight is 448 g/mol. The third-order valence-electron chi connectivity index (χ3n) is 5.00. The van der Waals surface area contributed by atoms with Crippen LogP contribution < -0.4 is 11.0 Å². The molecule has 1 aliphatic rings. The zero-order valence-electron chi connectivity index (χ0n) is 16.9. The first-order valence-corrected chi connectivity index (χ1v) is 9.49. The number of aliphatic hydroxyl groups is 2. The lowest BCUT2D eigenvalue weighted by Crippen LogP contribution is -2.43. The predicted octanol–water partition coefficient (Wildman–Crippen LogP) is 0.666. The Morgan fingerprint density at radius 3 is 2.78 bits per heavy atom. The number of halogens is 1. The maximum atomic E-state index is 14.6. The van der Waals surface area contributed by atoms with Gasteiger partial charge in [-0.25, -0.2) is 14.0 Å². The van der Waals surface area contributed by atoms with Gasteiger partial charge in [0.15, 0.2) is 12.4 Å². The molecule has 13 heteroatoms. The zero-order chi connectivity index (χ0) is 23.3. The average Bonchev–Trinajstić information content (AvgIpc) is 3.04. The molecule has 5 atom stereocenters. The van der Waals surface area contributed by atoms with Crippen molar-refractivity contribution in [2.24, 2.45) is 5.11 Å². The van der Waals surface area contributed by atoms with E-state index in [-0.39, 0.29) is 12.2 Å². The highest BCUT2D eigenvalue weighted by molar-refractivity contribution is 5.79. The third kappa shape index (κ3) is 4.55. The van der Waals surface area contributed by atoms with Gasteiger partial charge >= 0.3 is 11.7 Å². The number of carbonyl (C=O) groups is 1. The molecular formula is C19H21FN6O6. The fourth-order valence-corrected chi connectivity index (χ4v) is 3.33. The minimum absolute atomic E-state index is 0.0231. The molecule has 170 valence electrons. The van der Waals surface area contributed by atoms with Crippen LogP contribution in [0.2, 0.25) is 0 Å². The number of hydrogen-bond acceptors (Lipinski definition) is 9. The van der Waals surface area contributed by atoms with Gasteiger partial charge in [0.1, 0.15) is 18.0 Å². The second-order valence-corrected chi connectivity index (χ2v) is 7.00. The summed E-state index contributed by atoms with van der Waals surface area (Å²) in [6.07, 6.45) is -4.49. The van der Waals surface area contributed by atoms with E-state index in [4.69, 9.17) is 15.0 Å². The van der Waals surface area contributed by atoms with E-state index in [0.717, 1.165) is 16.3 Å².